The average molecular weight is 443 g/mol. The van der Waals surface area contributed by atoms with Gasteiger partial charge in [0.1, 0.15) is 0 Å². The molecule has 0 aliphatic rings. The Morgan fingerprint density at radius 3 is 1.64 bits per heavy atom. The molecule has 0 aliphatic carbocycles. The first-order valence-corrected chi connectivity index (χ1v) is 11.0. The Labute approximate surface area is 191 Å². The van der Waals surface area contributed by atoms with Gasteiger partial charge in [0.05, 0.1) is 12.4 Å². The maximum Gasteiger partial charge on any atom is 0.240 e. The van der Waals surface area contributed by atoms with Crippen LogP contribution in [0.15, 0.2) is 71.1 Å². The summed E-state index contributed by atoms with van der Waals surface area (Å²) in [5.74, 6) is -0.280. The van der Waals surface area contributed by atoms with Gasteiger partial charge in [-0.25, -0.2) is 10.9 Å². The number of hydrazone groups is 2. The summed E-state index contributed by atoms with van der Waals surface area (Å²) in [6.45, 7) is 0. The van der Waals surface area contributed by atoms with E-state index in [1.165, 1.54) is 0 Å². The van der Waals surface area contributed by atoms with Gasteiger partial charge in [-0.15, -0.1) is 0 Å². The molecule has 0 saturated carbocycles. The minimum atomic E-state index is -0.140. The second-order valence-corrected chi connectivity index (χ2v) is 7.73. The van der Waals surface area contributed by atoms with Gasteiger partial charge in [0, 0.05) is 58.2 Å². The summed E-state index contributed by atoms with van der Waals surface area (Å²) in [5, 5.41) is 10.2. The molecule has 0 unspecified atom stereocenters. The largest absolute Gasteiger partial charge is 0.361 e. The van der Waals surface area contributed by atoms with E-state index >= 15 is 0 Å². The number of hydrogen-bond acceptors (Lipinski definition) is 4. The Balaban J connectivity index is 1.10. The van der Waals surface area contributed by atoms with Crippen LogP contribution in [0.5, 0.6) is 0 Å². The quantitative estimate of drug-likeness (QED) is 0.167. The molecule has 4 rings (SSSR count). The number of para-hydroxylation sites is 2. The van der Waals surface area contributed by atoms with Crippen molar-refractivity contribution in [1.29, 1.82) is 0 Å². The van der Waals surface area contributed by atoms with Gasteiger partial charge in [0.25, 0.3) is 0 Å². The molecule has 0 aliphatic heterocycles. The third-order valence-corrected chi connectivity index (χ3v) is 5.34. The molecule has 0 fully saturated rings. The summed E-state index contributed by atoms with van der Waals surface area (Å²) in [4.78, 5) is 30.2. The van der Waals surface area contributed by atoms with E-state index in [2.05, 4.69) is 31.0 Å². The number of aromatic nitrogens is 2. The highest BCUT2D eigenvalue weighted by Crippen LogP contribution is 2.16. The van der Waals surface area contributed by atoms with Crippen LogP contribution >= 0.6 is 0 Å². The second-order valence-electron chi connectivity index (χ2n) is 7.73. The van der Waals surface area contributed by atoms with Crippen LogP contribution < -0.4 is 10.9 Å². The standard InChI is InChI=1S/C25H26N6O2/c32-24(30-28-16-18-14-26-22-10-6-4-8-20(18)22)12-2-1-3-13-25(33)31-29-17-19-15-27-23-11-7-5-9-21(19)23/h4-11,14-17,26-27H,1-3,12-13H2,(H,30,32)(H,31,33). The van der Waals surface area contributed by atoms with Crippen LogP contribution in [0.1, 0.15) is 43.2 Å². The van der Waals surface area contributed by atoms with E-state index in [4.69, 9.17) is 0 Å². The molecule has 8 nitrogen and oxygen atoms in total. The molecule has 4 N–H and O–H groups in total. The summed E-state index contributed by atoms with van der Waals surface area (Å²) in [7, 11) is 0. The van der Waals surface area contributed by atoms with E-state index in [-0.39, 0.29) is 11.8 Å². The van der Waals surface area contributed by atoms with Gasteiger partial charge >= 0.3 is 0 Å². The van der Waals surface area contributed by atoms with Crippen LogP contribution in [0, 0.1) is 0 Å². The van der Waals surface area contributed by atoms with Gasteiger partial charge in [-0.1, -0.05) is 42.8 Å². The van der Waals surface area contributed by atoms with Crippen LogP contribution in [0.25, 0.3) is 21.8 Å². The summed E-state index contributed by atoms with van der Waals surface area (Å²) in [6, 6.07) is 15.8. The highest BCUT2D eigenvalue weighted by molar-refractivity contribution is 6.00. The predicted octanol–water partition coefficient (Wildman–Crippen LogP) is 4.20. The zero-order valence-electron chi connectivity index (χ0n) is 18.2. The molecule has 0 radical (unpaired) electrons. The Morgan fingerprint density at radius 2 is 1.15 bits per heavy atom. The number of carbonyl (C=O) groups excluding carboxylic acids is 2. The van der Waals surface area contributed by atoms with Crippen molar-refractivity contribution in [1.82, 2.24) is 20.8 Å². The lowest BCUT2D eigenvalue weighted by Gasteiger charge is -2.01. The molecule has 168 valence electrons. The number of H-pyrrole nitrogens is 2. The summed E-state index contributed by atoms with van der Waals surface area (Å²) in [6.07, 6.45) is 9.89. The maximum atomic E-state index is 11.9. The highest BCUT2D eigenvalue weighted by atomic mass is 16.2. The van der Waals surface area contributed by atoms with Gasteiger partial charge < -0.3 is 9.97 Å². The molecule has 2 amide bonds. The summed E-state index contributed by atoms with van der Waals surface area (Å²) in [5.41, 5.74) is 9.00. The lowest BCUT2D eigenvalue weighted by Crippen LogP contribution is -2.18. The molecular formula is C25H26N6O2. The Hall–Kier alpha value is -4.20. The first-order chi connectivity index (χ1) is 16.2. The van der Waals surface area contributed by atoms with Crippen molar-refractivity contribution in [3.8, 4) is 0 Å². The van der Waals surface area contributed by atoms with Crippen molar-refractivity contribution in [3.05, 3.63) is 72.1 Å². The predicted molar refractivity (Wildman–Crippen MR) is 131 cm³/mol. The van der Waals surface area contributed by atoms with Crippen LogP contribution in [-0.4, -0.2) is 34.2 Å². The number of fused-ring (bicyclic) bond motifs is 2. The lowest BCUT2D eigenvalue weighted by molar-refractivity contribution is -0.121. The zero-order valence-corrected chi connectivity index (χ0v) is 18.2. The Morgan fingerprint density at radius 1 is 0.697 bits per heavy atom. The first-order valence-electron chi connectivity index (χ1n) is 11.0. The van der Waals surface area contributed by atoms with E-state index in [0.29, 0.717) is 25.7 Å². The highest BCUT2D eigenvalue weighted by Gasteiger charge is 2.04. The van der Waals surface area contributed by atoms with Crippen LogP contribution in [0.2, 0.25) is 0 Å². The molecular weight excluding hydrogens is 416 g/mol. The minimum Gasteiger partial charge on any atom is -0.361 e. The summed E-state index contributed by atoms with van der Waals surface area (Å²) >= 11 is 0. The number of hydrogen-bond donors (Lipinski definition) is 4. The van der Waals surface area contributed by atoms with Gasteiger partial charge in [-0.2, -0.15) is 10.2 Å². The number of rotatable bonds is 10. The number of carbonyl (C=O) groups is 2. The molecule has 2 aromatic carbocycles. The second kappa shape index (κ2) is 10.9. The fraction of sp³-hybridized carbons (Fsp3) is 0.200. The van der Waals surface area contributed by atoms with Gasteiger partial charge in [0.2, 0.25) is 11.8 Å². The average Bonchev–Trinajstić information content (AvgIpc) is 3.43. The number of aromatic amines is 2. The molecule has 0 bridgehead atoms. The summed E-state index contributed by atoms with van der Waals surface area (Å²) < 4.78 is 0. The van der Waals surface area contributed by atoms with E-state index in [1.54, 1.807) is 12.4 Å². The van der Waals surface area contributed by atoms with E-state index in [1.807, 2.05) is 60.9 Å². The third kappa shape index (κ3) is 5.94. The van der Waals surface area contributed by atoms with Crippen molar-refractivity contribution in [3.63, 3.8) is 0 Å². The van der Waals surface area contributed by atoms with Crippen molar-refractivity contribution >= 4 is 46.0 Å². The van der Waals surface area contributed by atoms with E-state index in [0.717, 1.165) is 39.4 Å². The number of amides is 2. The smallest absolute Gasteiger partial charge is 0.240 e. The molecule has 2 aromatic heterocycles. The van der Waals surface area contributed by atoms with Crippen molar-refractivity contribution in [2.75, 3.05) is 0 Å². The van der Waals surface area contributed by atoms with Gasteiger partial charge in [-0.3, -0.25) is 9.59 Å². The van der Waals surface area contributed by atoms with Crippen molar-refractivity contribution < 1.29 is 9.59 Å². The number of nitrogens with zero attached hydrogens (tertiary/aromatic N) is 2. The van der Waals surface area contributed by atoms with Crippen molar-refractivity contribution in [2.45, 2.75) is 32.1 Å². The van der Waals surface area contributed by atoms with Gasteiger partial charge in [-0.05, 0) is 25.0 Å². The molecule has 0 atom stereocenters. The fourth-order valence-electron chi connectivity index (χ4n) is 3.61. The zero-order chi connectivity index (χ0) is 22.9. The normalized spacial score (nSPS) is 11.6. The third-order valence-electron chi connectivity index (χ3n) is 5.34. The van der Waals surface area contributed by atoms with Gasteiger partial charge in [0.15, 0.2) is 0 Å². The molecule has 4 aromatic rings. The van der Waals surface area contributed by atoms with E-state index < -0.39 is 0 Å². The fourth-order valence-corrected chi connectivity index (χ4v) is 3.61. The number of unbranched alkanes of at least 4 members (excludes halogenated alkanes) is 2. The Kier molecular flexibility index (Phi) is 7.27. The molecule has 8 heteroatoms. The lowest BCUT2D eigenvalue weighted by atomic mass is 10.1. The number of benzene rings is 2. The molecule has 33 heavy (non-hydrogen) atoms. The number of nitrogens with one attached hydrogen (secondary N) is 4. The van der Waals surface area contributed by atoms with Crippen molar-refractivity contribution in [2.24, 2.45) is 10.2 Å². The molecule has 0 spiro atoms. The Bertz CT molecular complexity index is 1200. The monoisotopic (exact) mass is 442 g/mol. The molecule has 2 heterocycles. The van der Waals surface area contributed by atoms with E-state index in [9.17, 15) is 9.59 Å². The topological polar surface area (TPSA) is 114 Å². The SMILES string of the molecule is O=C(CCCCCC(=O)NN=Cc1c[nH]c2ccccc12)NN=Cc1c[nH]c2ccccc12. The van der Waals surface area contributed by atoms with Crippen LogP contribution in [0.4, 0.5) is 0 Å². The first kappa shape index (κ1) is 22.0. The molecule has 0 saturated heterocycles. The van der Waals surface area contributed by atoms with Crippen LogP contribution in [-0.2, 0) is 9.59 Å². The maximum absolute atomic E-state index is 11.9. The van der Waals surface area contributed by atoms with Crippen LogP contribution in [0.3, 0.4) is 0 Å². The minimum absolute atomic E-state index is 0.140.